The van der Waals surface area contributed by atoms with Crippen LogP contribution in [0.1, 0.15) is 31.1 Å². The van der Waals surface area contributed by atoms with E-state index in [1.54, 1.807) is 0 Å². The van der Waals surface area contributed by atoms with Crippen molar-refractivity contribution in [3.8, 4) is 0 Å². The molecular weight excluding hydrogens is 218 g/mol. The largest absolute Gasteiger partial charge is 0.339 e. The van der Waals surface area contributed by atoms with E-state index in [2.05, 4.69) is 26.5 Å². The molecule has 0 aliphatic carbocycles. The van der Waals surface area contributed by atoms with Crippen molar-refractivity contribution in [1.29, 1.82) is 0 Å². The maximum atomic E-state index is 12.2. The van der Waals surface area contributed by atoms with Crippen molar-refractivity contribution in [2.24, 2.45) is 5.92 Å². The predicted molar refractivity (Wildman–Crippen MR) is 70.1 cm³/mol. The Morgan fingerprint density at radius 3 is 2.62 bits per heavy atom. The van der Waals surface area contributed by atoms with Gasteiger partial charge in [0.15, 0.2) is 0 Å². The zero-order chi connectivity index (χ0) is 12.1. The number of carbonyl (C=O) groups excluding carboxylic acids is 1. The molecule has 0 heterocycles. The van der Waals surface area contributed by atoms with Crippen LogP contribution in [0.3, 0.4) is 0 Å². The minimum absolute atomic E-state index is 0.0899. The first-order chi connectivity index (χ1) is 7.54. The zero-order valence-electron chi connectivity index (χ0n) is 10.1. The van der Waals surface area contributed by atoms with Gasteiger partial charge < -0.3 is 4.90 Å². The summed E-state index contributed by atoms with van der Waals surface area (Å²) in [6, 6.07) is 7.39. The van der Waals surface area contributed by atoms with E-state index in [1.807, 2.05) is 36.1 Å². The normalized spacial score (nSPS) is 10.6. The van der Waals surface area contributed by atoms with E-state index in [0.29, 0.717) is 5.92 Å². The third-order valence-electron chi connectivity index (χ3n) is 2.35. The average molecular weight is 237 g/mol. The Balaban J connectivity index is 2.82. The molecule has 1 aromatic carbocycles. The van der Waals surface area contributed by atoms with Gasteiger partial charge in [-0.25, -0.2) is 0 Å². The van der Waals surface area contributed by atoms with Crippen molar-refractivity contribution in [2.45, 2.75) is 25.7 Å². The van der Waals surface area contributed by atoms with Crippen LogP contribution in [-0.4, -0.2) is 23.9 Å². The van der Waals surface area contributed by atoms with Gasteiger partial charge in [-0.05, 0) is 31.0 Å². The zero-order valence-corrected chi connectivity index (χ0v) is 11.0. The summed E-state index contributed by atoms with van der Waals surface area (Å²) in [5.74, 6) is 0.579. The number of carbonyl (C=O) groups is 1. The van der Waals surface area contributed by atoms with Crippen LogP contribution in [0.15, 0.2) is 29.2 Å². The van der Waals surface area contributed by atoms with Gasteiger partial charge in [-0.3, -0.25) is 4.79 Å². The first kappa shape index (κ1) is 13.1. The molecule has 0 aromatic heterocycles. The Morgan fingerprint density at radius 2 is 2.12 bits per heavy atom. The molecule has 0 unspecified atom stereocenters. The van der Waals surface area contributed by atoms with E-state index in [4.69, 9.17) is 0 Å². The van der Waals surface area contributed by atoms with E-state index >= 15 is 0 Å². The molecule has 0 aliphatic rings. The number of hydrogen-bond acceptors (Lipinski definition) is 2. The van der Waals surface area contributed by atoms with E-state index in [0.717, 1.165) is 23.5 Å². The van der Waals surface area contributed by atoms with Gasteiger partial charge in [0.25, 0.3) is 5.91 Å². The molecule has 0 saturated heterocycles. The number of nitrogens with zero attached hydrogens (tertiary/aromatic N) is 1. The molecule has 2 nitrogen and oxygen atoms in total. The molecule has 0 aliphatic heterocycles. The van der Waals surface area contributed by atoms with Gasteiger partial charge >= 0.3 is 0 Å². The molecule has 0 saturated carbocycles. The highest BCUT2D eigenvalue weighted by molar-refractivity contribution is 7.80. The first-order valence-electron chi connectivity index (χ1n) is 5.63. The van der Waals surface area contributed by atoms with Gasteiger partial charge in [-0.2, -0.15) is 0 Å². The van der Waals surface area contributed by atoms with Crippen LogP contribution in [0, 0.1) is 5.92 Å². The van der Waals surface area contributed by atoms with E-state index in [9.17, 15) is 4.79 Å². The summed E-state index contributed by atoms with van der Waals surface area (Å²) in [4.78, 5) is 14.8. The highest BCUT2D eigenvalue weighted by Gasteiger charge is 2.14. The molecule has 88 valence electrons. The molecule has 0 spiro atoms. The summed E-state index contributed by atoms with van der Waals surface area (Å²) in [5.41, 5.74) is 0.718. The summed E-state index contributed by atoms with van der Waals surface area (Å²) < 4.78 is 0. The van der Waals surface area contributed by atoms with Gasteiger partial charge in [0.1, 0.15) is 0 Å². The van der Waals surface area contributed by atoms with Crippen LogP contribution >= 0.6 is 12.6 Å². The summed E-state index contributed by atoms with van der Waals surface area (Å²) >= 11 is 4.25. The smallest absolute Gasteiger partial charge is 0.253 e. The molecule has 0 fully saturated rings. The third kappa shape index (κ3) is 3.56. The van der Waals surface area contributed by atoms with Crippen molar-refractivity contribution < 1.29 is 4.79 Å². The second-order valence-corrected chi connectivity index (χ2v) is 4.80. The topological polar surface area (TPSA) is 20.3 Å². The molecule has 0 N–H and O–H groups in total. The lowest BCUT2D eigenvalue weighted by atomic mass is 10.1. The summed E-state index contributed by atoms with van der Waals surface area (Å²) in [7, 11) is 0. The molecule has 0 radical (unpaired) electrons. The monoisotopic (exact) mass is 237 g/mol. The van der Waals surface area contributed by atoms with E-state index < -0.39 is 0 Å². The van der Waals surface area contributed by atoms with Crippen molar-refractivity contribution in [3.63, 3.8) is 0 Å². The van der Waals surface area contributed by atoms with Crippen LogP contribution in [0.5, 0.6) is 0 Å². The van der Waals surface area contributed by atoms with Gasteiger partial charge in [0, 0.05) is 23.5 Å². The minimum atomic E-state index is 0.0899. The Labute approximate surface area is 103 Å². The fourth-order valence-corrected chi connectivity index (χ4v) is 1.84. The SMILES string of the molecule is CCN(CC(C)C)C(=O)c1cccc(S)c1. The van der Waals surface area contributed by atoms with Gasteiger partial charge in [-0.1, -0.05) is 19.9 Å². The lowest BCUT2D eigenvalue weighted by Crippen LogP contribution is -2.33. The van der Waals surface area contributed by atoms with Crippen LogP contribution in [0.2, 0.25) is 0 Å². The van der Waals surface area contributed by atoms with E-state index in [-0.39, 0.29) is 5.91 Å². The van der Waals surface area contributed by atoms with Crippen molar-refractivity contribution in [3.05, 3.63) is 29.8 Å². The number of hydrogen-bond donors (Lipinski definition) is 1. The number of thiol groups is 1. The lowest BCUT2D eigenvalue weighted by Gasteiger charge is -2.23. The second kappa shape index (κ2) is 5.94. The third-order valence-corrected chi connectivity index (χ3v) is 2.63. The fourth-order valence-electron chi connectivity index (χ4n) is 1.62. The first-order valence-corrected chi connectivity index (χ1v) is 6.07. The van der Waals surface area contributed by atoms with E-state index in [1.165, 1.54) is 0 Å². The average Bonchev–Trinajstić information content (AvgIpc) is 2.24. The second-order valence-electron chi connectivity index (χ2n) is 4.29. The van der Waals surface area contributed by atoms with Gasteiger partial charge in [0.2, 0.25) is 0 Å². The number of rotatable bonds is 4. The Bertz CT molecular complexity index is 363. The predicted octanol–water partition coefficient (Wildman–Crippen LogP) is 3.09. The van der Waals surface area contributed by atoms with Crippen molar-refractivity contribution in [2.75, 3.05) is 13.1 Å². The maximum Gasteiger partial charge on any atom is 0.253 e. The van der Waals surface area contributed by atoms with Crippen molar-refractivity contribution in [1.82, 2.24) is 4.90 Å². The number of amides is 1. The quantitative estimate of drug-likeness (QED) is 0.798. The standard InChI is InChI=1S/C13H19NOS/c1-4-14(9-10(2)3)13(15)11-6-5-7-12(16)8-11/h5-8,10,16H,4,9H2,1-3H3. The highest BCUT2D eigenvalue weighted by Crippen LogP contribution is 2.12. The van der Waals surface area contributed by atoms with Crippen LogP contribution in [0.4, 0.5) is 0 Å². The highest BCUT2D eigenvalue weighted by atomic mass is 32.1. The molecule has 1 rings (SSSR count). The number of benzene rings is 1. The maximum absolute atomic E-state index is 12.2. The van der Waals surface area contributed by atoms with Crippen molar-refractivity contribution >= 4 is 18.5 Å². The van der Waals surface area contributed by atoms with Crippen LogP contribution in [0.25, 0.3) is 0 Å². The molecule has 0 bridgehead atoms. The summed E-state index contributed by atoms with van der Waals surface area (Å²) in [6.45, 7) is 7.78. The Hall–Kier alpha value is -0.960. The molecule has 1 aromatic rings. The molecule has 0 atom stereocenters. The summed E-state index contributed by atoms with van der Waals surface area (Å²) in [6.07, 6.45) is 0. The molecule has 1 amide bonds. The van der Waals surface area contributed by atoms with Gasteiger partial charge in [-0.15, -0.1) is 12.6 Å². The van der Waals surface area contributed by atoms with Crippen LogP contribution < -0.4 is 0 Å². The Morgan fingerprint density at radius 1 is 1.44 bits per heavy atom. The fraction of sp³-hybridized carbons (Fsp3) is 0.462. The molecular formula is C13H19NOS. The lowest BCUT2D eigenvalue weighted by molar-refractivity contribution is 0.0745. The summed E-state index contributed by atoms with van der Waals surface area (Å²) in [5, 5.41) is 0. The Kier molecular flexibility index (Phi) is 4.87. The molecule has 3 heteroatoms. The minimum Gasteiger partial charge on any atom is -0.339 e. The van der Waals surface area contributed by atoms with Crippen LogP contribution in [-0.2, 0) is 0 Å². The van der Waals surface area contributed by atoms with Gasteiger partial charge in [0.05, 0.1) is 0 Å². The molecule has 16 heavy (non-hydrogen) atoms.